The molecule has 15 heavy (non-hydrogen) atoms. The van der Waals surface area contributed by atoms with E-state index in [-0.39, 0.29) is 5.82 Å². The maximum atomic E-state index is 13.4. The largest absolute Gasteiger partial charge is 0.369 e. The Balaban J connectivity index is 2.58. The van der Waals surface area contributed by atoms with Crippen molar-refractivity contribution in [1.29, 1.82) is 0 Å². The molecule has 0 saturated heterocycles. The molecule has 0 unspecified atom stereocenters. The zero-order chi connectivity index (χ0) is 11.0. The number of hydrogen-bond acceptors (Lipinski definition) is 2. The Morgan fingerprint density at radius 3 is 2.80 bits per heavy atom. The SMILES string of the molecule is Cn1cc(-c2cc(Cl)ccc2F)nc1N. The summed E-state index contributed by atoms with van der Waals surface area (Å²) in [5.41, 5.74) is 6.40. The fourth-order valence-electron chi connectivity index (χ4n) is 1.30. The van der Waals surface area contributed by atoms with Gasteiger partial charge in [0.25, 0.3) is 0 Å². The normalized spacial score (nSPS) is 10.6. The van der Waals surface area contributed by atoms with Crippen LogP contribution in [0.5, 0.6) is 0 Å². The van der Waals surface area contributed by atoms with E-state index >= 15 is 0 Å². The molecule has 0 aliphatic rings. The molecule has 2 aromatic rings. The summed E-state index contributed by atoms with van der Waals surface area (Å²) in [5, 5.41) is 0.468. The van der Waals surface area contributed by atoms with Crippen molar-refractivity contribution < 1.29 is 4.39 Å². The lowest BCUT2D eigenvalue weighted by atomic mass is 10.1. The zero-order valence-corrected chi connectivity index (χ0v) is 8.79. The highest BCUT2D eigenvalue weighted by atomic mass is 35.5. The van der Waals surface area contributed by atoms with Crippen molar-refractivity contribution in [3.8, 4) is 11.3 Å². The molecule has 0 amide bonds. The van der Waals surface area contributed by atoms with Crippen LogP contribution in [0.25, 0.3) is 11.3 Å². The van der Waals surface area contributed by atoms with Gasteiger partial charge in [0.1, 0.15) is 5.82 Å². The average Bonchev–Trinajstić information content (AvgIpc) is 2.51. The molecule has 1 aromatic carbocycles. The predicted molar refractivity (Wildman–Crippen MR) is 58.0 cm³/mol. The number of halogens is 2. The van der Waals surface area contributed by atoms with Crippen LogP contribution in [0.15, 0.2) is 24.4 Å². The zero-order valence-electron chi connectivity index (χ0n) is 8.04. The van der Waals surface area contributed by atoms with Gasteiger partial charge in [-0.25, -0.2) is 9.37 Å². The van der Waals surface area contributed by atoms with Crippen molar-refractivity contribution in [2.75, 3.05) is 5.73 Å². The van der Waals surface area contributed by atoms with Crippen LogP contribution in [0.3, 0.4) is 0 Å². The Morgan fingerprint density at radius 1 is 1.47 bits per heavy atom. The third kappa shape index (κ3) is 1.80. The molecule has 3 nitrogen and oxygen atoms in total. The Kier molecular flexibility index (Phi) is 2.36. The average molecular weight is 226 g/mol. The van der Waals surface area contributed by atoms with Crippen LogP contribution >= 0.6 is 11.6 Å². The topological polar surface area (TPSA) is 43.8 Å². The molecular weight excluding hydrogens is 217 g/mol. The Bertz CT molecular complexity index is 488. The van der Waals surface area contributed by atoms with E-state index < -0.39 is 0 Å². The summed E-state index contributed by atoms with van der Waals surface area (Å²) in [7, 11) is 1.74. The lowest BCUT2D eigenvalue weighted by Crippen LogP contribution is -1.94. The van der Waals surface area contributed by atoms with Crippen LogP contribution in [0.4, 0.5) is 10.3 Å². The first-order valence-electron chi connectivity index (χ1n) is 4.32. The second-order valence-corrected chi connectivity index (χ2v) is 3.66. The Hall–Kier alpha value is -1.55. The molecule has 0 spiro atoms. The summed E-state index contributed by atoms with van der Waals surface area (Å²) >= 11 is 5.78. The lowest BCUT2D eigenvalue weighted by Gasteiger charge is -1.99. The van der Waals surface area contributed by atoms with Crippen molar-refractivity contribution >= 4 is 17.5 Å². The molecule has 1 aromatic heterocycles. The number of hydrogen-bond donors (Lipinski definition) is 1. The molecule has 0 radical (unpaired) electrons. The standard InChI is InChI=1S/C10H9ClFN3/c1-15-5-9(14-10(15)13)7-4-6(11)2-3-8(7)12/h2-5H,1H3,(H2,13,14). The summed E-state index contributed by atoms with van der Waals surface area (Å²) in [6.45, 7) is 0. The van der Waals surface area contributed by atoms with Gasteiger partial charge in [-0.1, -0.05) is 11.6 Å². The number of rotatable bonds is 1. The maximum Gasteiger partial charge on any atom is 0.200 e. The minimum Gasteiger partial charge on any atom is -0.369 e. The highest BCUT2D eigenvalue weighted by Gasteiger charge is 2.10. The van der Waals surface area contributed by atoms with E-state index in [1.165, 1.54) is 18.2 Å². The van der Waals surface area contributed by atoms with Crippen LogP contribution in [0.2, 0.25) is 5.02 Å². The molecule has 1 heterocycles. The number of benzene rings is 1. The van der Waals surface area contributed by atoms with E-state index in [2.05, 4.69) is 4.98 Å². The van der Waals surface area contributed by atoms with Crippen molar-refractivity contribution in [3.05, 3.63) is 35.2 Å². The molecule has 0 atom stereocenters. The van der Waals surface area contributed by atoms with Crippen molar-refractivity contribution in [3.63, 3.8) is 0 Å². The van der Waals surface area contributed by atoms with Gasteiger partial charge in [-0.3, -0.25) is 0 Å². The number of nitrogens with two attached hydrogens (primary N) is 1. The number of aromatic nitrogens is 2. The minimum absolute atomic E-state index is 0.337. The molecule has 0 fully saturated rings. The van der Waals surface area contributed by atoms with Crippen molar-refractivity contribution in [2.45, 2.75) is 0 Å². The van der Waals surface area contributed by atoms with Gasteiger partial charge in [-0.15, -0.1) is 0 Å². The molecule has 0 aliphatic heterocycles. The van der Waals surface area contributed by atoms with Gasteiger partial charge in [-0.2, -0.15) is 0 Å². The Labute approximate surface area is 91.3 Å². The second-order valence-electron chi connectivity index (χ2n) is 3.22. The van der Waals surface area contributed by atoms with Gasteiger partial charge in [0.2, 0.25) is 0 Å². The first-order valence-corrected chi connectivity index (χ1v) is 4.70. The number of anilines is 1. The molecule has 2 N–H and O–H groups in total. The summed E-state index contributed by atoms with van der Waals surface area (Å²) in [6, 6.07) is 4.33. The Morgan fingerprint density at radius 2 is 2.20 bits per heavy atom. The third-order valence-electron chi connectivity index (χ3n) is 2.12. The van der Waals surface area contributed by atoms with Crippen LogP contribution in [0, 0.1) is 5.82 Å². The predicted octanol–water partition coefficient (Wildman–Crippen LogP) is 2.46. The van der Waals surface area contributed by atoms with Crippen LogP contribution < -0.4 is 5.73 Å². The monoisotopic (exact) mass is 225 g/mol. The smallest absolute Gasteiger partial charge is 0.200 e. The number of nitrogen functional groups attached to an aromatic ring is 1. The first kappa shape index (κ1) is 9.98. The maximum absolute atomic E-state index is 13.4. The van der Waals surface area contributed by atoms with Gasteiger partial charge in [0, 0.05) is 23.8 Å². The molecule has 0 aliphatic carbocycles. The van der Waals surface area contributed by atoms with Gasteiger partial charge in [0.05, 0.1) is 5.69 Å². The number of imidazole rings is 1. The molecule has 78 valence electrons. The van der Waals surface area contributed by atoms with E-state index in [0.717, 1.165) is 0 Å². The second kappa shape index (κ2) is 3.55. The van der Waals surface area contributed by atoms with Gasteiger partial charge in [-0.05, 0) is 18.2 Å². The van der Waals surface area contributed by atoms with Crippen molar-refractivity contribution in [2.24, 2.45) is 7.05 Å². The van der Waals surface area contributed by atoms with E-state index in [1.54, 1.807) is 17.8 Å². The van der Waals surface area contributed by atoms with E-state index in [4.69, 9.17) is 17.3 Å². The van der Waals surface area contributed by atoms with Crippen molar-refractivity contribution in [1.82, 2.24) is 9.55 Å². The molecular formula is C10H9ClFN3. The number of nitrogens with zero attached hydrogens (tertiary/aromatic N) is 2. The molecule has 2 rings (SSSR count). The van der Waals surface area contributed by atoms with Crippen LogP contribution in [-0.4, -0.2) is 9.55 Å². The summed E-state index contributed by atoms with van der Waals surface area (Å²) < 4.78 is 15.1. The van der Waals surface area contributed by atoms with Gasteiger partial charge >= 0.3 is 0 Å². The fraction of sp³-hybridized carbons (Fsp3) is 0.100. The fourth-order valence-corrected chi connectivity index (χ4v) is 1.48. The quantitative estimate of drug-likeness (QED) is 0.810. The van der Waals surface area contributed by atoms with E-state index in [1.807, 2.05) is 0 Å². The highest BCUT2D eigenvalue weighted by Crippen LogP contribution is 2.25. The van der Waals surface area contributed by atoms with Gasteiger partial charge < -0.3 is 10.3 Å². The lowest BCUT2D eigenvalue weighted by molar-refractivity contribution is 0.631. The summed E-state index contributed by atoms with van der Waals surface area (Å²) in [4.78, 5) is 4.02. The van der Waals surface area contributed by atoms with E-state index in [9.17, 15) is 4.39 Å². The van der Waals surface area contributed by atoms with E-state index in [0.29, 0.717) is 22.2 Å². The van der Waals surface area contributed by atoms with Gasteiger partial charge in [0.15, 0.2) is 5.95 Å². The third-order valence-corrected chi connectivity index (χ3v) is 2.35. The molecule has 5 heteroatoms. The number of aryl methyl sites for hydroxylation is 1. The molecule has 0 saturated carbocycles. The van der Waals surface area contributed by atoms with Crippen LogP contribution in [-0.2, 0) is 7.05 Å². The highest BCUT2D eigenvalue weighted by molar-refractivity contribution is 6.30. The minimum atomic E-state index is -0.363. The summed E-state index contributed by atoms with van der Waals surface area (Å²) in [6.07, 6.45) is 1.66. The summed E-state index contributed by atoms with van der Waals surface area (Å²) in [5.74, 6) is -0.0260. The first-order chi connectivity index (χ1) is 7.08. The van der Waals surface area contributed by atoms with Crippen LogP contribution in [0.1, 0.15) is 0 Å². The molecule has 0 bridgehead atoms.